The van der Waals surface area contributed by atoms with Crippen molar-refractivity contribution in [3.05, 3.63) is 106 Å². The van der Waals surface area contributed by atoms with Crippen molar-refractivity contribution in [3.8, 4) is 0 Å². The van der Waals surface area contributed by atoms with Crippen molar-refractivity contribution in [1.82, 2.24) is 19.9 Å². The number of H-pyrrole nitrogens is 2. The van der Waals surface area contributed by atoms with Crippen LogP contribution in [0, 0.1) is 19.8 Å². The molecule has 0 radical (unpaired) electrons. The first-order valence-corrected chi connectivity index (χ1v) is 17.2. The van der Waals surface area contributed by atoms with E-state index < -0.39 is 23.4 Å². The minimum Gasteiger partial charge on any atom is -0.513 e. The minimum absolute atomic E-state index is 0.0306. The van der Waals surface area contributed by atoms with Crippen LogP contribution in [-0.2, 0) is 40.6 Å². The number of nitrogens with one attached hydrogen (secondary N) is 2. The molecular weight excluding hydrogens is 674 g/mol. The molecule has 6 rings (SSSR count). The van der Waals surface area contributed by atoms with Crippen molar-refractivity contribution in [1.29, 1.82) is 0 Å². The Balaban J connectivity index is 1.78. The van der Waals surface area contributed by atoms with Crippen LogP contribution in [0.1, 0.15) is 71.2 Å². The quantitative estimate of drug-likeness (QED) is 0.107. The van der Waals surface area contributed by atoms with Gasteiger partial charge in [-0.05, 0) is 85.7 Å². The van der Waals surface area contributed by atoms with E-state index in [1.54, 1.807) is 18.2 Å². The fourth-order valence-electron chi connectivity index (χ4n) is 7.46. The fourth-order valence-corrected chi connectivity index (χ4v) is 7.46. The highest BCUT2D eigenvalue weighted by molar-refractivity contribution is 6.02. The zero-order valence-electron chi connectivity index (χ0n) is 30.7. The monoisotopic (exact) mass is 717 g/mol. The number of aromatic amines is 2. The van der Waals surface area contributed by atoms with E-state index >= 15 is 0 Å². The molecule has 0 saturated heterocycles. The number of rotatable bonds is 9. The third-order valence-electron chi connectivity index (χ3n) is 10.4. The Hall–Kier alpha value is -6.01. The maximum Gasteiger partial charge on any atom is 0.334 e. The Bertz CT molecular complexity index is 2370. The molecular formula is C41H43N5O7. The Morgan fingerprint density at radius 1 is 0.868 bits per heavy atom. The summed E-state index contributed by atoms with van der Waals surface area (Å²) in [4.78, 5) is 56.3. The topological polar surface area (TPSA) is 183 Å². The number of methoxy groups -OCH3 is 3. The van der Waals surface area contributed by atoms with Crippen molar-refractivity contribution in [2.24, 2.45) is 11.7 Å². The number of aryl methyl sites for hydroxylation is 3. The van der Waals surface area contributed by atoms with Gasteiger partial charge in [0.1, 0.15) is 11.5 Å². The van der Waals surface area contributed by atoms with Gasteiger partial charge in [0, 0.05) is 46.0 Å². The molecule has 12 heteroatoms. The standard InChI is InChI=1S/C41H43N5O7/c1-9-24-21(3)30-17-35-28-14-12-27(39(49)52-7)38(40(50)53-8)41(28,42)36(46-35)19-31-23(5)26(13-15-37(48)51-6)34(45-31)18-33-25(11-10-20(2)47)22(4)29(44-33)16-32(24)43-30/h9,12,14,16-19,38,43,45,47H,1-2,10-11,13,15,42H2,3-8H3/t38-,41-/m0/s1. The predicted octanol–water partition coefficient (Wildman–Crippen LogP) is 6.60. The van der Waals surface area contributed by atoms with Gasteiger partial charge in [-0.25, -0.2) is 9.78 Å². The van der Waals surface area contributed by atoms with Crippen molar-refractivity contribution in [2.45, 2.75) is 52.0 Å². The van der Waals surface area contributed by atoms with Gasteiger partial charge in [0.05, 0.1) is 55.4 Å². The number of ether oxygens (including phenoxy) is 3. The van der Waals surface area contributed by atoms with Crippen LogP contribution >= 0.6 is 0 Å². The number of hydrogen-bond donors (Lipinski definition) is 4. The van der Waals surface area contributed by atoms with Gasteiger partial charge in [-0.15, -0.1) is 0 Å². The molecule has 8 bridgehead atoms. The summed E-state index contributed by atoms with van der Waals surface area (Å²) >= 11 is 0. The molecule has 1 aliphatic carbocycles. The third-order valence-corrected chi connectivity index (χ3v) is 10.4. The smallest absolute Gasteiger partial charge is 0.334 e. The van der Waals surface area contributed by atoms with Crippen LogP contribution < -0.4 is 5.73 Å². The van der Waals surface area contributed by atoms with Crippen LogP contribution in [0.3, 0.4) is 0 Å². The van der Waals surface area contributed by atoms with E-state index in [4.69, 9.17) is 29.9 Å². The van der Waals surface area contributed by atoms with Gasteiger partial charge in [-0.2, -0.15) is 0 Å². The lowest BCUT2D eigenvalue weighted by Gasteiger charge is -2.36. The maximum atomic E-state index is 13.6. The van der Waals surface area contributed by atoms with E-state index in [-0.39, 0.29) is 23.7 Å². The normalized spacial score (nSPS) is 17.8. The first-order valence-electron chi connectivity index (χ1n) is 17.2. The summed E-state index contributed by atoms with van der Waals surface area (Å²) < 4.78 is 15.3. The lowest BCUT2D eigenvalue weighted by Crippen LogP contribution is -2.50. The van der Waals surface area contributed by atoms with Gasteiger partial charge in [0.25, 0.3) is 0 Å². The average molecular weight is 718 g/mol. The number of aromatic nitrogens is 4. The fraction of sp³-hybridized carbons (Fsp3) is 0.293. The lowest BCUT2D eigenvalue weighted by atomic mass is 9.70. The summed E-state index contributed by atoms with van der Waals surface area (Å²) in [5.41, 5.74) is 16.6. The van der Waals surface area contributed by atoms with E-state index in [1.807, 2.05) is 39.0 Å². The van der Waals surface area contributed by atoms with E-state index in [0.29, 0.717) is 53.0 Å². The minimum atomic E-state index is -1.64. The summed E-state index contributed by atoms with van der Waals surface area (Å²) in [5, 5.41) is 10.0. The van der Waals surface area contributed by atoms with Gasteiger partial charge < -0.3 is 35.0 Å². The highest BCUT2D eigenvalue weighted by Gasteiger charge is 2.54. The van der Waals surface area contributed by atoms with Crippen molar-refractivity contribution in [2.75, 3.05) is 21.3 Å². The van der Waals surface area contributed by atoms with Crippen LogP contribution in [0.4, 0.5) is 0 Å². The van der Waals surface area contributed by atoms with E-state index in [2.05, 4.69) is 23.1 Å². The third kappa shape index (κ3) is 6.29. The van der Waals surface area contributed by atoms with E-state index in [0.717, 1.165) is 50.1 Å². The van der Waals surface area contributed by atoms with E-state index in [9.17, 15) is 19.5 Å². The second-order valence-corrected chi connectivity index (χ2v) is 13.4. The number of hydrogen-bond acceptors (Lipinski definition) is 10. The molecule has 2 atom stereocenters. The molecule has 5 N–H and O–H groups in total. The Morgan fingerprint density at radius 3 is 2.21 bits per heavy atom. The highest BCUT2D eigenvalue weighted by atomic mass is 16.5. The molecule has 12 nitrogen and oxygen atoms in total. The van der Waals surface area contributed by atoms with Gasteiger partial charge >= 0.3 is 17.9 Å². The maximum absolute atomic E-state index is 13.6. The molecule has 274 valence electrons. The number of aliphatic hydroxyl groups is 1. The number of esters is 3. The van der Waals surface area contributed by atoms with Crippen LogP contribution in [0.5, 0.6) is 0 Å². The Morgan fingerprint density at radius 2 is 1.55 bits per heavy atom. The van der Waals surface area contributed by atoms with Crippen molar-refractivity contribution in [3.63, 3.8) is 0 Å². The molecule has 5 heterocycles. The van der Waals surface area contributed by atoms with Crippen LogP contribution in [0.2, 0.25) is 0 Å². The molecule has 0 aromatic carbocycles. The zero-order chi connectivity index (χ0) is 38.4. The molecule has 0 unspecified atom stereocenters. The van der Waals surface area contributed by atoms with Crippen LogP contribution in [0.15, 0.2) is 60.9 Å². The number of fused-ring (bicyclic) bond motifs is 11. The molecule has 0 amide bonds. The number of nitrogens with two attached hydrogens (primary N) is 1. The summed E-state index contributed by atoms with van der Waals surface area (Å²) in [6.07, 6.45) is 6.30. The van der Waals surface area contributed by atoms with Gasteiger partial charge in [-0.3, -0.25) is 14.6 Å². The van der Waals surface area contributed by atoms with Crippen LogP contribution in [0.25, 0.3) is 44.9 Å². The second-order valence-electron chi connectivity index (χ2n) is 13.4. The number of carbonyl (C=O) groups is 3. The predicted molar refractivity (Wildman–Crippen MR) is 204 cm³/mol. The molecule has 0 saturated carbocycles. The lowest BCUT2D eigenvalue weighted by molar-refractivity contribution is -0.149. The molecule has 3 aromatic heterocycles. The number of nitrogens with zero attached hydrogens (tertiary/aromatic N) is 2. The van der Waals surface area contributed by atoms with E-state index in [1.165, 1.54) is 27.4 Å². The molecule has 0 fully saturated rings. The van der Waals surface area contributed by atoms with Gasteiger partial charge in [-0.1, -0.05) is 31.4 Å². The molecule has 0 spiro atoms. The number of carbonyl (C=O) groups excluding carboxylic acids is 3. The Labute approximate surface area is 306 Å². The second kappa shape index (κ2) is 14.2. The summed E-state index contributed by atoms with van der Waals surface area (Å²) in [5.74, 6) is -3.04. The molecule has 3 aromatic rings. The molecule has 2 aliphatic heterocycles. The largest absolute Gasteiger partial charge is 0.513 e. The number of aliphatic hydroxyl groups excluding tert-OH is 1. The highest BCUT2D eigenvalue weighted by Crippen LogP contribution is 2.49. The van der Waals surface area contributed by atoms with Crippen molar-refractivity contribution >= 4 is 62.8 Å². The Kier molecular flexibility index (Phi) is 9.85. The van der Waals surface area contributed by atoms with Gasteiger partial charge in [0.15, 0.2) is 0 Å². The zero-order valence-corrected chi connectivity index (χ0v) is 30.7. The van der Waals surface area contributed by atoms with Crippen LogP contribution in [-0.4, -0.2) is 64.3 Å². The first-order chi connectivity index (χ1) is 25.3. The summed E-state index contributed by atoms with van der Waals surface area (Å²) in [6.45, 7) is 13.7. The molecule has 53 heavy (non-hydrogen) atoms. The SMILES string of the molecule is C=Cc1c(C)c2cc3nc(cc4[nH]c(cc5nc(cc1[nH]2)C(C)=C5CCC(=C)O)c(CCC(=O)OC)c4C)[C@@]1(N)C3=CC=C(C(=O)OC)[C@H]1C(=O)OC. The van der Waals surface area contributed by atoms with Crippen molar-refractivity contribution < 1.29 is 33.7 Å². The summed E-state index contributed by atoms with van der Waals surface area (Å²) in [7, 11) is 3.83. The average Bonchev–Trinajstić information content (AvgIpc) is 3.79. The summed E-state index contributed by atoms with van der Waals surface area (Å²) in [6, 6.07) is 7.54. The van der Waals surface area contributed by atoms with Gasteiger partial charge in [0.2, 0.25) is 0 Å². The number of allylic oxidation sites excluding steroid dienone is 5. The first kappa shape index (κ1) is 36.8. The molecule has 3 aliphatic rings.